The largest absolute Gasteiger partial charge is 0.398 e. The number of halogens is 1. The first-order valence-corrected chi connectivity index (χ1v) is 6.72. The molecule has 0 unspecified atom stereocenters. The van der Waals surface area contributed by atoms with Gasteiger partial charge >= 0.3 is 0 Å². The SMILES string of the molecule is CC(C)N(Cc1ccc(N)c(Cl)c1)CC1CC1. The van der Waals surface area contributed by atoms with Crippen molar-refractivity contribution in [1.29, 1.82) is 0 Å². The van der Waals surface area contributed by atoms with Gasteiger partial charge in [0.25, 0.3) is 0 Å². The third kappa shape index (κ3) is 3.62. The van der Waals surface area contributed by atoms with E-state index in [1.807, 2.05) is 12.1 Å². The summed E-state index contributed by atoms with van der Waals surface area (Å²) in [6, 6.07) is 6.53. The van der Waals surface area contributed by atoms with Crippen molar-refractivity contribution in [3.63, 3.8) is 0 Å². The Morgan fingerprint density at radius 3 is 2.65 bits per heavy atom. The highest BCUT2D eigenvalue weighted by atomic mass is 35.5. The van der Waals surface area contributed by atoms with E-state index in [0.29, 0.717) is 16.8 Å². The van der Waals surface area contributed by atoms with Gasteiger partial charge in [-0.1, -0.05) is 17.7 Å². The van der Waals surface area contributed by atoms with Crippen molar-refractivity contribution in [1.82, 2.24) is 4.90 Å². The van der Waals surface area contributed by atoms with Crippen LogP contribution in [0.3, 0.4) is 0 Å². The molecule has 1 saturated carbocycles. The van der Waals surface area contributed by atoms with E-state index in [2.05, 4.69) is 24.8 Å². The number of anilines is 1. The highest BCUT2D eigenvalue weighted by Gasteiger charge is 2.25. The molecule has 0 bridgehead atoms. The smallest absolute Gasteiger partial charge is 0.0638 e. The monoisotopic (exact) mass is 252 g/mol. The van der Waals surface area contributed by atoms with Crippen LogP contribution in [0.15, 0.2) is 18.2 Å². The van der Waals surface area contributed by atoms with Gasteiger partial charge < -0.3 is 5.73 Å². The third-order valence-electron chi connectivity index (χ3n) is 3.37. The van der Waals surface area contributed by atoms with E-state index in [1.165, 1.54) is 24.9 Å². The molecule has 94 valence electrons. The second-order valence-corrected chi connectivity index (χ2v) is 5.73. The number of rotatable bonds is 5. The van der Waals surface area contributed by atoms with Crippen molar-refractivity contribution < 1.29 is 0 Å². The minimum absolute atomic E-state index is 0.576. The minimum atomic E-state index is 0.576. The lowest BCUT2D eigenvalue weighted by molar-refractivity contribution is 0.204. The Hall–Kier alpha value is -0.730. The van der Waals surface area contributed by atoms with Gasteiger partial charge in [-0.3, -0.25) is 4.90 Å². The van der Waals surface area contributed by atoms with Gasteiger partial charge in [-0.05, 0) is 50.3 Å². The maximum Gasteiger partial charge on any atom is 0.0638 e. The van der Waals surface area contributed by atoms with Crippen LogP contribution in [0.5, 0.6) is 0 Å². The summed E-state index contributed by atoms with van der Waals surface area (Å²) in [5.74, 6) is 0.918. The zero-order chi connectivity index (χ0) is 12.4. The zero-order valence-electron chi connectivity index (χ0n) is 10.6. The van der Waals surface area contributed by atoms with Crippen LogP contribution >= 0.6 is 11.6 Å². The fraction of sp³-hybridized carbons (Fsp3) is 0.571. The summed E-state index contributed by atoms with van der Waals surface area (Å²) in [6.07, 6.45) is 2.79. The number of nitrogen functional groups attached to an aromatic ring is 1. The average Bonchev–Trinajstić information content (AvgIpc) is 3.06. The van der Waals surface area contributed by atoms with Crippen molar-refractivity contribution in [2.24, 2.45) is 5.92 Å². The lowest BCUT2D eigenvalue weighted by Crippen LogP contribution is -2.32. The van der Waals surface area contributed by atoms with E-state index in [0.717, 1.165) is 12.5 Å². The molecule has 3 heteroatoms. The molecule has 1 aromatic carbocycles. The number of nitrogens with two attached hydrogens (primary N) is 1. The van der Waals surface area contributed by atoms with Crippen molar-refractivity contribution in [3.8, 4) is 0 Å². The molecule has 1 aromatic rings. The molecular formula is C14H21ClN2. The van der Waals surface area contributed by atoms with Gasteiger partial charge in [-0.25, -0.2) is 0 Å². The Kier molecular flexibility index (Phi) is 3.95. The molecule has 1 aliphatic carbocycles. The summed E-state index contributed by atoms with van der Waals surface area (Å²) < 4.78 is 0. The second kappa shape index (κ2) is 5.28. The molecule has 0 heterocycles. The molecule has 0 aliphatic heterocycles. The summed E-state index contributed by atoms with van der Waals surface area (Å²) in [5.41, 5.74) is 7.63. The highest BCUT2D eigenvalue weighted by Crippen LogP contribution is 2.31. The molecule has 0 saturated heterocycles. The Labute approximate surface area is 109 Å². The summed E-state index contributed by atoms with van der Waals surface area (Å²) >= 11 is 6.05. The summed E-state index contributed by atoms with van der Waals surface area (Å²) in [6.45, 7) is 6.68. The van der Waals surface area contributed by atoms with Crippen LogP contribution in [0.25, 0.3) is 0 Å². The quantitative estimate of drug-likeness (QED) is 0.813. The van der Waals surface area contributed by atoms with Gasteiger partial charge in [0.2, 0.25) is 0 Å². The standard InChI is InChI=1S/C14H21ClN2/c1-10(2)17(8-11-3-4-11)9-12-5-6-14(16)13(15)7-12/h5-7,10-11H,3-4,8-9,16H2,1-2H3. The van der Waals surface area contributed by atoms with E-state index < -0.39 is 0 Å². The van der Waals surface area contributed by atoms with Gasteiger partial charge in [0.1, 0.15) is 0 Å². The number of nitrogens with zero attached hydrogens (tertiary/aromatic N) is 1. The second-order valence-electron chi connectivity index (χ2n) is 5.32. The topological polar surface area (TPSA) is 29.3 Å². The first kappa shape index (κ1) is 12.7. The van der Waals surface area contributed by atoms with Crippen molar-refractivity contribution in [3.05, 3.63) is 28.8 Å². The minimum Gasteiger partial charge on any atom is -0.398 e. The normalized spacial score (nSPS) is 15.8. The third-order valence-corrected chi connectivity index (χ3v) is 3.70. The Morgan fingerprint density at radius 1 is 1.41 bits per heavy atom. The van der Waals surface area contributed by atoms with Crippen molar-refractivity contribution in [2.75, 3.05) is 12.3 Å². The van der Waals surface area contributed by atoms with Crippen LogP contribution in [0.1, 0.15) is 32.3 Å². The van der Waals surface area contributed by atoms with Crippen molar-refractivity contribution >= 4 is 17.3 Å². The van der Waals surface area contributed by atoms with Gasteiger partial charge in [-0.2, -0.15) is 0 Å². The molecule has 2 N–H and O–H groups in total. The van der Waals surface area contributed by atoms with E-state index >= 15 is 0 Å². The fourth-order valence-electron chi connectivity index (χ4n) is 1.99. The number of hydrogen-bond acceptors (Lipinski definition) is 2. The first-order valence-electron chi connectivity index (χ1n) is 6.34. The Bertz CT molecular complexity index is 386. The molecular weight excluding hydrogens is 232 g/mol. The molecule has 1 fully saturated rings. The molecule has 17 heavy (non-hydrogen) atoms. The average molecular weight is 253 g/mol. The van der Waals surface area contributed by atoms with Crippen LogP contribution in [0, 0.1) is 5.92 Å². The van der Waals surface area contributed by atoms with Crippen LogP contribution in [0.2, 0.25) is 5.02 Å². The van der Waals surface area contributed by atoms with Gasteiger partial charge in [-0.15, -0.1) is 0 Å². The Morgan fingerprint density at radius 2 is 2.12 bits per heavy atom. The summed E-state index contributed by atoms with van der Waals surface area (Å²) in [7, 11) is 0. The van der Waals surface area contributed by atoms with Crippen LogP contribution in [-0.2, 0) is 6.54 Å². The first-order chi connectivity index (χ1) is 8.06. The lowest BCUT2D eigenvalue weighted by atomic mass is 10.1. The predicted molar refractivity (Wildman–Crippen MR) is 74.1 cm³/mol. The molecule has 2 nitrogen and oxygen atoms in total. The molecule has 0 spiro atoms. The molecule has 1 aliphatic rings. The Balaban J connectivity index is 2.02. The van der Waals surface area contributed by atoms with Gasteiger partial charge in [0.05, 0.1) is 10.7 Å². The maximum absolute atomic E-state index is 6.05. The van der Waals surface area contributed by atoms with E-state index in [-0.39, 0.29) is 0 Å². The van der Waals surface area contributed by atoms with Crippen LogP contribution < -0.4 is 5.73 Å². The fourth-order valence-corrected chi connectivity index (χ4v) is 2.20. The molecule has 0 radical (unpaired) electrons. The predicted octanol–water partition coefficient (Wildman–Crippen LogP) is 3.54. The van der Waals surface area contributed by atoms with Gasteiger partial charge in [0, 0.05) is 19.1 Å². The lowest BCUT2D eigenvalue weighted by Gasteiger charge is -2.26. The van der Waals surface area contributed by atoms with Crippen LogP contribution in [-0.4, -0.2) is 17.5 Å². The van der Waals surface area contributed by atoms with Gasteiger partial charge in [0.15, 0.2) is 0 Å². The summed E-state index contributed by atoms with van der Waals surface area (Å²) in [4.78, 5) is 2.51. The maximum atomic E-state index is 6.05. The van der Waals surface area contributed by atoms with E-state index in [9.17, 15) is 0 Å². The molecule has 2 rings (SSSR count). The highest BCUT2D eigenvalue weighted by molar-refractivity contribution is 6.33. The van der Waals surface area contributed by atoms with E-state index in [4.69, 9.17) is 17.3 Å². The molecule has 0 atom stereocenters. The van der Waals surface area contributed by atoms with Crippen LogP contribution in [0.4, 0.5) is 5.69 Å². The zero-order valence-corrected chi connectivity index (χ0v) is 11.4. The molecule has 0 aromatic heterocycles. The summed E-state index contributed by atoms with van der Waals surface area (Å²) in [5, 5.41) is 0.664. The number of benzene rings is 1. The van der Waals surface area contributed by atoms with E-state index in [1.54, 1.807) is 0 Å². The molecule has 0 amide bonds. The number of hydrogen-bond donors (Lipinski definition) is 1. The van der Waals surface area contributed by atoms with Crippen molar-refractivity contribution in [2.45, 2.75) is 39.3 Å².